The maximum absolute atomic E-state index is 12.8. The van der Waals surface area contributed by atoms with Crippen molar-refractivity contribution in [1.82, 2.24) is 9.80 Å². The predicted octanol–water partition coefficient (Wildman–Crippen LogP) is 5.76. The Morgan fingerprint density at radius 3 is 2.36 bits per heavy atom. The van der Waals surface area contributed by atoms with Crippen molar-refractivity contribution in [2.75, 3.05) is 19.6 Å². The zero-order valence-electron chi connectivity index (χ0n) is 18.0. The molecule has 0 N–H and O–H groups in total. The summed E-state index contributed by atoms with van der Waals surface area (Å²) in [6.07, 6.45) is 3.58. The molecule has 2 fully saturated rings. The molecular weight excluding hydrogens is 572 g/mol. The second-order valence-corrected chi connectivity index (χ2v) is 10.6. The quantitative estimate of drug-likeness (QED) is 0.399. The monoisotopic (exact) mass is 592 g/mol. The van der Waals surface area contributed by atoms with E-state index < -0.39 is 11.1 Å². The number of rotatable bonds is 6. The van der Waals surface area contributed by atoms with Crippen LogP contribution in [0.15, 0.2) is 50.2 Å². The average Bonchev–Trinajstić information content (AvgIpc) is 3.39. The van der Waals surface area contributed by atoms with Gasteiger partial charge in [0.1, 0.15) is 18.9 Å². The van der Waals surface area contributed by atoms with Gasteiger partial charge in [-0.15, -0.1) is 0 Å². The van der Waals surface area contributed by atoms with Crippen LogP contribution in [0.4, 0.5) is 4.79 Å². The zero-order valence-corrected chi connectivity index (χ0v) is 22.0. The number of benzene rings is 2. The highest BCUT2D eigenvalue weighted by molar-refractivity contribution is 9.11. The standard InChI is InChI=1S/C24H22Br2N2O4S/c1-15-4-6-16(7-5-15)14-32-22-18(25)10-17(11-19(22)26)12-20-23(30)28(24(31)33-20)13-21(29)27-8-2-3-9-27/h4-7,10-12H,2-3,8-9,13-14H2,1H3/b20-12+. The molecule has 2 saturated heterocycles. The minimum Gasteiger partial charge on any atom is -0.487 e. The van der Waals surface area contributed by atoms with Gasteiger partial charge in [0.15, 0.2) is 0 Å². The van der Waals surface area contributed by atoms with E-state index in [9.17, 15) is 14.4 Å². The Balaban J connectivity index is 1.45. The van der Waals surface area contributed by atoms with Crippen LogP contribution >= 0.6 is 43.6 Å². The summed E-state index contributed by atoms with van der Waals surface area (Å²) in [6.45, 7) is 3.62. The molecule has 4 rings (SSSR count). The largest absolute Gasteiger partial charge is 0.487 e. The van der Waals surface area contributed by atoms with Gasteiger partial charge in [0.2, 0.25) is 5.91 Å². The lowest BCUT2D eigenvalue weighted by Gasteiger charge is -2.18. The number of amides is 3. The van der Waals surface area contributed by atoms with Gasteiger partial charge in [-0.25, -0.2) is 0 Å². The fraction of sp³-hybridized carbons (Fsp3) is 0.292. The van der Waals surface area contributed by atoms with Gasteiger partial charge in [-0.05, 0) is 92.7 Å². The maximum Gasteiger partial charge on any atom is 0.294 e. The molecule has 9 heteroatoms. The van der Waals surface area contributed by atoms with E-state index in [-0.39, 0.29) is 12.5 Å². The molecule has 2 aliphatic rings. The molecule has 0 unspecified atom stereocenters. The molecule has 0 bridgehead atoms. The summed E-state index contributed by atoms with van der Waals surface area (Å²) in [6, 6.07) is 11.8. The minimum atomic E-state index is -0.440. The van der Waals surface area contributed by atoms with Crippen molar-refractivity contribution in [2.45, 2.75) is 26.4 Å². The van der Waals surface area contributed by atoms with Crippen LogP contribution in [0.3, 0.4) is 0 Å². The second-order valence-electron chi connectivity index (χ2n) is 7.94. The molecule has 3 amide bonds. The Labute approximate surface area is 213 Å². The molecule has 2 aromatic rings. The van der Waals surface area contributed by atoms with Gasteiger partial charge in [0.05, 0.1) is 13.9 Å². The van der Waals surface area contributed by atoms with Crippen LogP contribution < -0.4 is 4.74 Å². The fourth-order valence-corrected chi connectivity index (χ4v) is 5.92. The first-order valence-electron chi connectivity index (χ1n) is 10.5. The number of nitrogens with zero attached hydrogens (tertiary/aromatic N) is 2. The van der Waals surface area contributed by atoms with E-state index in [2.05, 4.69) is 31.9 Å². The van der Waals surface area contributed by atoms with Crippen LogP contribution in [0.25, 0.3) is 6.08 Å². The second kappa shape index (κ2) is 10.4. The number of ether oxygens (including phenoxy) is 1. The number of thioether (sulfide) groups is 1. The van der Waals surface area contributed by atoms with Gasteiger partial charge < -0.3 is 9.64 Å². The summed E-state index contributed by atoms with van der Waals surface area (Å²) in [7, 11) is 0. The van der Waals surface area contributed by atoms with Crippen molar-refractivity contribution in [3.63, 3.8) is 0 Å². The molecule has 0 saturated carbocycles. The molecule has 0 atom stereocenters. The lowest BCUT2D eigenvalue weighted by molar-refractivity contribution is -0.135. The number of halogens is 2. The first-order valence-corrected chi connectivity index (χ1v) is 12.9. The number of hydrogen-bond donors (Lipinski definition) is 0. The minimum absolute atomic E-state index is 0.184. The molecule has 172 valence electrons. The van der Waals surface area contributed by atoms with Gasteiger partial charge in [-0.3, -0.25) is 19.3 Å². The van der Waals surface area contributed by atoms with Gasteiger partial charge in [0.25, 0.3) is 11.1 Å². The van der Waals surface area contributed by atoms with E-state index in [1.54, 1.807) is 11.0 Å². The highest BCUT2D eigenvalue weighted by atomic mass is 79.9. The molecule has 6 nitrogen and oxygen atoms in total. The van der Waals surface area contributed by atoms with Crippen molar-refractivity contribution < 1.29 is 19.1 Å². The van der Waals surface area contributed by atoms with E-state index in [0.29, 0.717) is 30.4 Å². The Bertz CT molecular complexity index is 1100. The third-order valence-electron chi connectivity index (χ3n) is 5.45. The highest BCUT2D eigenvalue weighted by Crippen LogP contribution is 2.38. The van der Waals surface area contributed by atoms with Crippen molar-refractivity contribution in [2.24, 2.45) is 0 Å². The molecule has 0 radical (unpaired) electrons. The van der Waals surface area contributed by atoms with Crippen LogP contribution in [-0.2, 0) is 16.2 Å². The number of likely N-dealkylation sites (tertiary alicyclic amines) is 1. The molecule has 2 aromatic carbocycles. The van der Waals surface area contributed by atoms with Gasteiger partial charge in [0, 0.05) is 13.1 Å². The number of hydrogen-bond acceptors (Lipinski definition) is 5. The Kier molecular flexibility index (Phi) is 7.61. The first kappa shape index (κ1) is 24.0. The molecule has 2 aliphatic heterocycles. The summed E-state index contributed by atoms with van der Waals surface area (Å²) < 4.78 is 7.42. The van der Waals surface area contributed by atoms with Crippen molar-refractivity contribution in [3.8, 4) is 5.75 Å². The predicted molar refractivity (Wildman–Crippen MR) is 136 cm³/mol. The topological polar surface area (TPSA) is 66.9 Å². The lowest BCUT2D eigenvalue weighted by atomic mass is 10.1. The smallest absolute Gasteiger partial charge is 0.294 e. The zero-order chi connectivity index (χ0) is 23.5. The number of carbonyl (C=O) groups is 3. The van der Waals surface area contributed by atoms with Crippen molar-refractivity contribution in [3.05, 3.63) is 66.9 Å². The Morgan fingerprint density at radius 2 is 1.73 bits per heavy atom. The van der Waals surface area contributed by atoms with E-state index >= 15 is 0 Å². The van der Waals surface area contributed by atoms with Gasteiger partial charge >= 0.3 is 0 Å². The van der Waals surface area contributed by atoms with Gasteiger partial charge in [-0.1, -0.05) is 29.8 Å². The molecular formula is C24H22Br2N2O4S. The summed E-state index contributed by atoms with van der Waals surface area (Å²) in [5.74, 6) is 0.0261. The van der Waals surface area contributed by atoms with Crippen LogP contribution in [-0.4, -0.2) is 46.5 Å². The Morgan fingerprint density at radius 1 is 1.09 bits per heavy atom. The van der Waals surface area contributed by atoms with Crippen LogP contribution in [0.1, 0.15) is 29.5 Å². The number of carbonyl (C=O) groups excluding carboxylic acids is 3. The third-order valence-corrected chi connectivity index (χ3v) is 7.53. The number of aryl methyl sites for hydroxylation is 1. The van der Waals surface area contributed by atoms with E-state index in [0.717, 1.165) is 49.6 Å². The Hall–Kier alpha value is -2.10. The normalized spacial score (nSPS) is 17.4. The highest BCUT2D eigenvalue weighted by Gasteiger charge is 2.37. The fourth-order valence-electron chi connectivity index (χ4n) is 3.63. The molecule has 0 aromatic heterocycles. The van der Waals surface area contributed by atoms with E-state index in [4.69, 9.17) is 4.74 Å². The van der Waals surface area contributed by atoms with E-state index in [1.165, 1.54) is 5.56 Å². The molecule has 0 spiro atoms. The van der Waals surface area contributed by atoms with Crippen LogP contribution in [0.2, 0.25) is 0 Å². The molecule has 33 heavy (non-hydrogen) atoms. The molecule has 2 heterocycles. The maximum atomic E-state index is 12.8. The molecule has 0 aliphatic carbocycles. The number of imide groups is 1. The van der Waals surface area contributed by atoms with Crippen molar-refractivity contribution in [1.29, 1.82) is 0 Å². The summed E-state index contributed by atoms with van der Waals surface area (Å²) in [5, 5.41) is -0.421. The third kappa shape index (κ3) is 5.70. The summed E-state index contributed by atoms with van der Waals surface area (Å²) in [5.41, 5.74) is 2.98. The van der Waals surface area contributed by atoms with Crippen LogP contribution in [0, 0.1) is 6.92 Å². The van der Waals surface area contributed by atoms with E-state index in [1.807, 2.05) is 43.3 Å². The van der Waals surface area contributed by atoms with Crippen molar-refractivity contribution >= 4 is 66.8 Å². The average molecular weight is 594 g/mol. The summed E-state index contributed by atoms with van der Waals surface area (Å²) in [4.78, 5) is 40.6. The van der Waals surface area contributed by atoms with Gasteiger partial charge in [-0.2, -0.15) is 0 Å². The SMILES string of the molecule is Cc1ccc(COc2c(Br)cc(/C=C3/SC(=O)N(CC(=O)N4CCCC4)C3=O)cc2Br)cc1. The van der Waals surface area contributed by atoms with Crippen LogP contribution in [0.5, 0.6) is 5.75 Å². The summed E-state index contributed by atoms with van der Waals surface area (Å²) >= 11 is 7.93. The first-order chi connectivity index (χ1) is 15.8. The lowest BCUT2D eigenvalue weighted by Crippen LogP contribution is -2.40.